The predicted octanol–water partition coefficient (Wildman–Crippen LogP) is 0.628. The second-order valence-electron chi connectivity index (χ2n) is 3.15. The monoisotopic (exact) mass is 242 g/mol. The normalized spacial score (nSPS) is 11.1. The molecule has 6 heteroatoms. The van der Waals surface area contributed by atoms with E-state index in [-0.39, 0.29) is 22.7 Å². The number of terminal acetylenes is 1. The molecule has 3 N–H and O–H groups in total. The highest BCUT2D eigenvalue weighted by atomic mass is 32.2. The molecule has 0 bridgehead atoms. The van der Waals surface area contributed by atoms with Crippen LogP contribution >= 0.6 is 0 Å². The molecule has 0 aromatic heterocycles. The van der Waals surface area contributed by atoms with Gasteiger partial charge in [-0.05, 0) is 19.1 Å². The van der Waals surface area contributed by atoms with Gasteiger partial charge in [0.2, 0.25) is 10.0 Å². The van der Waals surface area contributed by atoms with Crippen LogP contribution in [0.5, 0.6) is 0 Å². The molecule has 0 aliphatic carbocycles. The molecule has 0 unspecified atom stereocenters. The van der Waals surface area contributed by atoms with Crippen molar-refractivity contribution in [2.75, 3.05) is 12.3 Å². The van der Waals surface area contributed by atoms with Gasteiger partial charge < -0.3 is 5.73 Å². The van der Waals surface area contributed by atoms with Crippen molar-refractivity contribution in [1.82, 2.24) is 4.72 Å². The summed E-state index contributed by atoms with van der Waals surface area (Å²) in [5, 5.41) is 0. The van der Waals surface area contributed by atoms with E-state index in [4.69, 9.17) is 12.2 Å². The van der Waals surface area contributed by atoms with Crippen molar-refractivity contribution in [3.8, 4) is 12.3 Å². The molecule has 86 valence electrons. The minimum atomic E-state index is -3.80. The fraction of sp³-hybridized carbons (Fsp3) is 0.200. The molecule has 1 aromatic carbocycles. The Bertz CT molecular complexity index is 523. The van der Waals surface area contributed by atoms with E-state index in [1.165, 1.54) is 13.0 Å². The second kappa shape index (κ2) is 4.51. The van der Waals surface area contributed by atoms with Crippen molar-refractivity contribution < 1.29 is 12.8 Å². The Morgan fingerprint density at radius 1 is 1.56 bits per heavy atom. The van der Waals surface area contributed by atoms with Crippen LogP contribution in [0.25, 0.3) is 0 Å². The van der Waals surface area contributed by atoms with Gasteiger partial charge in [-0.1, -0.05) is 5.92 Å². The van der Waals surface area contributed by atoms with Crippen molar-refractivity contribution in [2.24, 2.45) is 0 Å². The van der Waals surface area contributed by atoms with Crippen molar-refractivity contribution in [3.05, 3.63) is 23.5 Å². The number of halogens is 1. The van der Waals surface area contributed by atoms with Crippen LogP contribution in [0, 0.1) is 25.1 Å². The summed E-state index contributed by atoms with van der Waals surface area (Å²) in [6.45, 7) is 1.31. The number of anilines is 1. The molecule has 0 aliphatic rings. The zero-order valence-corrected chi connectivity index (χ0v) is 9.44. The molecule has 0 saturated carbocycles. The Morgan fingerprint density at radius 2 is 2.19 bits per heavy atom. The summed E-state index contributed by atoms with van der Waals surface area (Å²) in [6, 6.07) is 2.10. The number of sulfonamides is 1. The second-order valence-corrected chi connectivity index (χ2v) is 4.91. The van der Waals surface area contributed by atoms with Gasteiger partial charge in [-0.25, -0.2) is 12.8 Å². The van der Waals surface area contributed by atoms with Crippen LogP contribution < -0.4 is 10.5 Å². The molecule has 4 nitrogen and oxygen atoms in total. The summed E-state index contributed by atoms with van der Waals surface area (Å²) >= 11 is 0. The van der Waals surface area contributed by atoms with Crippen molar-refractivity contribution in [3.63, 3.8) is 0 Å². The molecule has 0 aliphatic heterocycles. The van der Waals surface area contributed by atoms with Crippen LogP contribution in [0.3, 0.4) is 0 Å². The molecule has 0 heterocycles. The molecule has 0 spiro atoms. The highest BCUT2D eigenvalue weighted by Gasteiger charge is 2.16. The molecular weight excluding hydrogens is 231 g/mol. The highest BCUT2D eigenvalue weighted by Crippen LogP contribution is 2.20. The molecule has 0 atom stereocenters. The van der Waals surface area contributed by atoms with Gasteiger partial charge in [0.05, 0.1) is 11.4 Å². The lowest BCUT2D eigenvalue weighted by Gasteiger charge is -2.07. The molecule has 0 amide bonds. The van der Waals surface area contributed by atoms with Crippen molar-refractivity contribution >= 4 is 15.7 Å². The van der Waals surface area contributed by atoms with Gasteiger partial charge in [0.1, 0.15) is 5.82 Å². The Morgan fingerprint density at radius 3 is 2.69 bits per heavy atom. The summed E-state index contributed by atoms with van der Waals surface area (Å²) in [4.78, 5) is -0.233. The standard InChI is InChI=1S/C10H11FN2O2S/c1-3-4-13-16(14,15)8-5-9(11)7(2)10(12)6-8/h1,5-6,13H,4,12H2,2H3. The van der Waals surface area contributed by atoms with E-state index in [1.54, 1.807) is 0 Å². The minimum Gasteiger partial charge on any atom is -0.398 e. The average molecular weight is 242 g/mol. The van der Waals surface area contributed by atoms with E-state index in [9.17, 15) is 12.8 Å². The Kier molecular flexibility index (Phi) is 3.52. The van der Waals surface area contributed by atoms with Crippen molar-refractivity contribution in [1.29, 1.82) is 0 Å². The van der Waals surface area contributed by atoms with Gasteiger partial charge in [0, 0.05) is 11.3 Å². The van der Waals surface area contributed by atoms with Crippen LogP contribution in [-0.2, 0) is 10.0 Å². The van der Waals surface area contributed by atoms with Gasteiger partial charge in [0.25, 0.3) is 0 Å². The zero-order chi connectivity index (χ0) is 12.3. The van der Waals surface area contributed by atoms with Crippen molar-refractivity contribution in [2.45, 2.75) is 11.8 Å². The number of nitrogen functional groups attached to an aromatic ring is 1. The largest absolute Gasteiger partial charge is 0.398 e. The lowest BCUT2D eigenvalue weighted by Crippen LogP contribution is -2.24. The Hall–Kier alpha value is -1.58. The molecule has 16 heavy (non-hydrogen) atoms. The first-order valence-corrected chi connectivity index (χ1v) is 5.85. The van der Waals surface area contributed by atoms with Crippen LogP contribution in [0.4, 0.5) is 10.1 Å². The number of benzene rings is 1. The van der Waals surface area contributed by atoms with E-state index < -0.39 is 15.8 Å². The van der Waals surface area contributed by atoms with Crippen LogP contribution in [-0.4, -0.2) is 15.0 Å². The van der Waals surface area contributed by atoms with Gasteiger partial charge in [-0.2, -0.15) is 4.72 Å². The number of rotatable bonds is 3. The van der Waals surface area contributed by atoms with E-state index in [1.807, 2.05) is 0 Å². The number of nitrogens with two attached hydrogens (primary N) is 1. The van der Waals surface area contributed by atoms with Gasteiger partial charge in [-0.3, -0.25) is 0 Å². The topological polar surface area (TPSA) is 72.2 Å². The SMILES string of the molecule is C#CCNS(=O)(=O)c1cc(N)c(C)c(F)c1. The summed E-state index contributed by atoms with van der Waals surface area (Å²) in [5.41, 5.74) is 5.78. The van der Waals surface area contributed by atoms with E-state index in [2.05, 4.69) is 10.6 Å². The third-order valence-corrected chi connectivity index (χ3v) is 3.41. The van der Waals surface area contributed by atoms with Crippen LogP contribution in [0.15, 0.2) is 17.0 Å². The maximum atomic E-state index is 13.3. The van der Waals surface area contributed by atoms with E-state index in [0.717, 1.165) is 6.07 Å². The lowest BCUT2D eigenvalue weighted by molar-refractivity contribution is 0.581. The first-order chi connectivity index (χ1) is 7.38. The number of hydrogen-bond acceptors (Lipinski definition) is 3. The first-order valence-electron chi connectivity index (χ1n) is 4.37. The van der Waals surface area contributed by atoms with Crippen LogP contribution in [0.2, 0.25) is 0 Å². The third-order valence-electron chi connectivity index (χ3n) is 2.03. The average Bonchev–Trinajstić information content (AvgIpc) is 2.22. The molecule has 0 saturated heterocycles. The van der Waals surface area contributed by atoms with Gasteiger partial charge >= 0.3 is 0 Å². The minimum absolute atomic E-state index is 0.0843. The van der Waals surface area contributed by atoms with Gasteiger partial charge in [0.15, 0.2) is 0 Å². The smallest absolute Gasteiger partial charge is 0.241 e. The molecular formula is C10H11FN2O2S. The fourth-order valence-corrected chi connectivity index (χ4v) is 2.03. The van der Waals surface area contributed by atoms with E-state index >= 15 is 0 Å². The van der Waals surface area contributed by atoms with Gasteiger partial charge in [-0.15, -0.1) is 6.42 Å². The maximum Gasteiger partial charge on any atom is 0.241 e. The molecule has 0 radical (unpaired) electrons. The van der Waals surface area contributed by atoms with Crippen LogP contribution in [0.1, 0.15) is 5.56 Å². The van der Waals surface area contributed by atoms with E-state index in [0.29, 0.717) is 0 Å². The quantitative estimate of drug-likeness (QED) is 0.603. The summed E-state index contributed by atoms with van der Waals surface area (Å²) in [7, 11) is -3.80. The molecule has 1 rings (SSSR count). The number of hydrogen-bond donors (Lipinski definition) is 2. The lowest BCUT2D eigenvalue weighted by atomic mass is 10.2. The Labute approximate surface area is 93.7 Å². The first kappa shape index (κ1) is 12.5. The highest BCUT2D eigenvalue weighted by molar-refractivity contribution is 7.89. The third kappa shape index (κ3) is 2.51. The number of nitrogens with one attached hydrogen (secondary N) is 1. The Balaban J connectivity index is 3.21. The summed E-state index contributed by atoms with van der Waals surface area (Å²) in [6.07, 6.45) is 4.92. The zero-order valence-electron chi connectivity index (χ0n) is 8.62. The summed E-state index contributed by atoms with van der Waals surface area (Å²) < 4.78 is 38.5. The predicted molar refractivity (Wildman–Crippen MR) is 59.6 cm³/mol. The summed E-state index contributed by atoms with van der Waals surface area (Å²) in [5.74, 6) is 1.45. The maximum absolute atomic E-state index is 13.3. The molecule has 1 aromatic rings. The fourth-order valence-electron chi connectivity index (χ4n) is 1.05. The molecule has 0 fully saturated rings.